The third kappa shape index (κ3) is 1.88. The van der Waals surface area contributed by atoms with Gasteiger partial charge in [0.25, 0.3) is 0 Å². The molecule has 0 saturated carbocycles. The molecule has 8 rings (SSSR count). The quantitative estimate of drug-likeness (QED) is 0.665. The van der Waals surface area contributed by atoms with E-state index in [1.54, 1.807) is 6.92 Å². The topological polar surface area (TPSA) is 51.4 Å². The molecule has 0 radical (unpaired) electrons. The molecule has 2 unspecified atom stereocenters. The Morgan fingerprint density at radius 2 is 1.82 bits per heavy atom. The van der Waals surface area contributed by atoms with Crippen LogP contribution < -0.4 is 10.2 Å². The first-order valence-electron chi connectivity index (χ1n) is 12.8. The van der Waals surface area contributed by atoms with Gasteiger partial charge in [-0.3, -0.25) is 9.69 Å². The van der Waals surface area contributed by atoms with Crippen LogP contribution in [0.15, 0.2) is 42.5 Å². The first kappa shape index (κ1) is 19.7. The number of likely N-dealkylation sites (tertiary alicyclic amines) is 1. The van der Waals surface area contributed by atoms with E-state index in [0.29, 0.717) is 0 Å². The fourth-order valence-corrected chi connectivity index (χ4v) is 9.05. The summed E-state index contributed by atoms with van der Waals surface area (Å²) in [5.41, 5.74) is 6.48. The van der Waals surface area contributed by atoms with Crippen LogP contribution in [0.2, 0.25) is 0 Å². The van der Waals surface area contributed by atoms with Gasteiger partial charge in [-0.2, -0.15) is 0 Å². The van der Waals surface area contributed by atoms with Crippen molar-refractivity contribution in [2.24, 2.45) is 0 Å². The number of carbonyl (C=O) groups is 1. The van der Waals surface area contributed by atoms with Gasteiger partial charge in [-0.15, -0.1) is 0 Å². The predicted octanol–water partition coefficient (Wildman–Crippen LogP) is 3.58. The lowest BCUT2D eigenvalue weighted by Gasteiger charge is -2.62. The molecule has 6 heterocycles. The van der Waals surface area contributed by atoms with Crippen molar-refractivity contribution >= 4 is 17.3 Å². The number of anilines is 2. The van der Waals surface area contributed by atoms with Crippen LogP contribution in [0.25, 0.3) is 0 Å². The molecule has 3 saturated heterocycles. The van der Waals surface area contributed by atoms with Crippen molar-refractivity contribution < 1.29 is 9.53 Å². The number of hydrogen-bond donors (Lipinski definition) is 1. The molecule has 2 spiro atoms. The highest BCUT2D eigenvalue weighted by Gasteiger charge is 2.77. The Balaban J connectivity index is 1.51. The smallest absolute Gasteiger partial charge is 0.220 e. The largest absolute Gasteiger partial charge is 0.365 e. The predicted molar refractivity (Wildman–Crippen MR) is 131 cm³/mol. The Labute approximate surface area is 200 Å². The van der Waals surface area contributed by atoms with Crippen LogP contribution in [-0.4, -0.2) is 59.9 Å². The molecule has 0 aromatic heterocycles. The van der Waals surface area contributed by atoms with Gasteiger partial charge in [0.05, 0.1) is 23.2 Å². The Kier molecular flexibility index (Phi) is 3.36. The summed E-state index contributed by atoms with van der Waals surface area (Å²) in [4.78, 5) is 20.5. The molecule has 6 heteroatoms. The van der Waals surface area contributed by atoms with Gasteiger partial charge in [0.15, 0.2) is 0 Å². The van der Waals surface area contributed by atoms with E-state index in [2.05, 4.69) is 83.4 Å². The highest BCUT2D eigenvalue weighted by Crippen LogP contribution is 2.72. The van der Waals surface area contributed by atoms with Crippen LogP contribution in [-0.2, 0) is 20.4 Å². The zero-order valence-electron chi connectivity index (χ0n) is 20.3. The van der Waals surface area contributed by atoms with Gasteiger partial charge < -0.3 is 19.9 Å². The number of epoxide rings is 1. The molecule has 7 atom stereocenters. The zero-order chi connectivity index (χ0) is 23.2. The standard InChI is InChI=1S/C28H32N4O2/c1-16(33)31-14-12-27-18-9-5-6-10-19(18)29-24-28(27)13-15-32(25(27)31)22(23-26(2,3)34-23)17-8-7-11-20(21(17)28)30(24)4/h5-11,22-25,29H,12-15H2,1-4H3/t22-,23+,24+,25+,27-,28?/m0/s1. The molecule has 1 amide bonds. The summed E-state index contributed by atoms with van der Waals surface area (Å²) in [6.45, 7) is 7.96. The summed E-state index contributed by atoms with van der Waals surface area (Å²) < 4.78 is 6.38. The molecule has 2 aromatic rings. The molecule has 34 heavy (non-hydrogen) atoms. The maximum absolute atomic E-state index is 13.2. The third-order valence-electron chi connectivity index (χ3n) is 10.2. The molecule has 6 aliphatic rings. The number of nitrogens with zero attached hydrogens (tertiary/aromatic N) is 3. The summed E-state index contributed by atoms with van der Waals surface area (Å²) in [7, 11) is 2.25. The molecule has 1 N–H and O–H groups in total. The zero-order valence-corrected chi connectivity index (χ0v) is 20.3. The number of amides is 1. The molecular weight excluding hydrogens is 424 g/mol. The second kappa shape index (κ2) is 5.80. The van der Waals surface area contributed by atoms with E-state index < -0.39 is 0 Å². The Hall–Kier alpha value is -2.57. The van der Waals surface area contributed by atoms with Crippen LogP contribution in [0.4, 0.5) is 11.4 Å². The molecular formula is C28H32N4O2. The number of benzene rings is 2. The van der Waals surface area contributed by atoms with Gasteiger partial charge >= 0.3 is 0 Å². The van der Waals surface area contributed by atoms with Gasteiger partial charge in [0.2, 0.25) is 5.91 Å². The monoisotopic (exact) mass is 456 g/mol. The molecule has 2 bridgehead atoms. The summed E-state index contributed by atoms with van der Waals surface area (Å²) in [5, 5.41) is 3.99. The van der Waals surface area contributed by atoms with Crippen molar-refractivity contribution in [2.45, 2.75) is 74.5 Å². The van der Waals surface area contributed by atoms with Crippen LogP contribution in [0.5, 0.6) is 0 Å². The number of likely N-dealkylation sites (N-methyl/N-ethyl adjacent to an activating group) is 1. The fourth-order valence-electron chi connectivity index (χ4n) is 9.05. The van der Waals surface area contributed by atoms with Crippen LogP contribution in [0, 0.1) is 0 Å². The van der Waals surface area contributed by atoms with E-state index >= 15 is 0 Å². The second-order valence-electron chi connectivity index (χ2n) is 11.8. The van der Waals surface area contributed by atoms with Gasteiger partial charge in [0, 0.05) is 43.9 Å². The second-order valence-corrected chi connectivity index (χ2v) is 11.8. The minimum atomic E-state index is -0.160. The van der Waals surface area contributed by atoms with Crippen molar-refractivity contribution in [3.63, 3.8) is 0 Å². The van der Waals surface area contributed by atoms with Gasteiger partial charge in [-0.05, 0) is 55.5 Å². The van der Waals surface area contributed by atoms with E-state index in [1.165, 1.54) is 28.1 Å². The van der Waals surface area contributed by atoms with Crippen molar-refractivity contribution in [3.05, 3.63) is 59.2 Å². The van der Waals surface area contributed by atoms with Crippen molar-refractivity contribution in [1.82, 2.24) is 9.80 Å². The Morgan fingerprint density at radius 1 is 1.06 bits per heavy atom. The first-order valence-corrected chi connectivity index (χ1v) is 12.8. The molecule has 2 aromatic carbocycles. The number of fused-ring (bicyclic) bond motifs is 1. The number of piperidine rings is 1. The number of nitrogens with one attached hydrogen (secondary N) is 1. The molecule has 0 aliphatic carbocycles. The lowest BCUT2D eigenvalue weighted by atomic mass is 9.50. The van der Waals surface area contributed by atoms with E-state index in [-0.39, 0.29) is 46.8 Å². The fraction of sp³-hybridized carbons (Fsp3) is 0.536. The lowest BCUT2D eigenvalue weighted by Crippen LogP contribution is -2.73. The first-order chi connectivity index (χ1) is 16.3. The van der Waals surface area contributed by atoms with E-state index in [9.17, 15) is 4.79 Å². The maximum atomic E-state index is 13.2. The molecule has 6 aliphatic heterocycles. The van der Waals surface area contributed by atoms with Crippen molar-refractivity contribution in [2.75, 3.05) is 30.4 Å². The van der Waals surface area contributed by atoms with Crippen molar-refractivity contribution in [1.29, 1.82) is 0 Å². The van der Waals surface area contributed by atoms with Crippen LogP contribution in [0.1, 0.15) is 56.3 Å². The number of para-hydroxylation sites is 1. The average Bonchev–Trinajstić information content (AvgIpc) is 3.21. The molecule has 176 valence electrons. The molecule has 3 fully saturated rings. The maximum Gasteiger partial charge on any atom is 0.220 e. The number of rotatable bonds is 1. The highest BCUT2D eigenvalue weighted by atomic mass is 16.6. The highest BCUT2D eigenvalue weighted by molar-refractivity contribution is 5.80. The van der Waals surface area contributed by atoms with E-state index in [4.69, 9.17) is 4.74 Å². The van der Waals surface area contributed by atoms with Crippen LogP contribution in [0.3, 0.4) is 0 Å². The minimum Gasteiger partial charge on any atom is -0.365 e. The summed E-state index contributed by atoms with van der Waals surface area (Å²) in [6.07, 6.45) is 2.40. The molecule has 6 nitrogen and oxygen atoms in total. The van der Waals surface area contributed by atoms with E-state index in [0.717, 1.165) is 25.9 Å². The van der Waals surface area contributed by atoms with E-state index in [1.807, 2.05) is 0 Å². The number of ether oxygens (including phenoxy) is 1. The number of carbonyl (C=O) groups excluding carboxylic acids is 1. The Morgan fingerprint density at radius 3 is 2.59 bits per heavy atom. The summed E-state index contributed by atoms with van der Waals surface area (Å²) >= 11 is 0. The summed E-state index contributed by atoms with van der Waals surface area (Å²) in [6, 6.07) is 15.9. The Bertz CT molecular complexity index is 1270. The van der Waals surface area contributed by atoms with Crippen molar-refractivity contribution in [3.8, 4) is 0 Å². The summed E-state index contributed by atoms with van der Waals surface area (Å²) in [5.74, 6) is 0.184. The number of hydrogen-bond acceptors (Lipinski definition) is 5. The van der Waals surface area contributed by atoms with Gasteiger partial charge in [-0.1, -0.05) is 30.3 Å². The normalized spacial score (nSPS) is 41.4. The van der Waals surface area contributed by atoms with Crippen LogP contribution >= 0.6 is 0 Å². The van der Waals surface area contributed by atoms with Gasteiger partial charge in [-0.25, -0.2) is 0 Å². The third-order valence-corrected chi connectivity index (χ3v) is 10.2. The lowest BCUT2D eigenvalue weighted by molar-refractivity contribution is -0.140. The minimum absolute atomic E-state index is 0.0289. The SMILES string of the molecule is CC(=O)N1CC[C@@]23c4ccccc4N[C@@H]4N(C)c5cccc6c5C42CCN([C@@H]13)[C@@H]6[C@H]1OC1(C)C. The average molecular weight is 457 g/mol. The van der Waals surface area contributed by atoms with Gasteiger partial charge in [0.1, 0.15) is 12.3 Å².